The summed E-state index contributed by atoms with van der Waals surface area (Å²) in [6.07, 6.45) is -0.00863. The van der Waals surface area contributed by atoms with Gasteiger partial charge in [0, 0.05) is 21.0 Å². The Morgan fingerprint density at radius 1 is 1.15 bits per heavy atom. The van der Waals surface area contributed by atoms with Crippen LogP contribution in [-0.4, -0.2) is 52.9 Å². The fourth-order valence-electron chi connectivity index (χ4n) is 3.72. The quantitative estimate of drug-likeness (QED) is 0.337. The summed E-state index contributed by atoms with van der Waals surface area (Å²) in [6.45, 7) is 5.64. The number of benzene rings is 1. The second kappa shape index (κ2) is 10.1. The molecule has 2 aromatic heterocycles. The van der Waals surface area contributed by atoms with E-state index in [1.54, 1.807) is 11.3 Å². The van der Waals surface area contributed by atoms with Gasteiger partial charge in [-0.1, -0.05) is 23.7 Å². The number of aromatic nitrogens is 3. The number of rotatable bonds is 8. The molecule has 1 aromatic carbocycles. The molecule has 0 spiro atoms. The Labute approximate surface area is 200 Å². The first-order chi connectivity index (χ1) is 15.9. The third kappa shape index (κ3) is 4.85. The SMILES string of the molecule is Cc1sc2c(c1C)C(c1ccc(Cl)cc1)=N[C@@H](CC(=O)OCCOCCF)c1nnc(C)n1-2. The highest BCUT2D eigenvalue weighted by Gasteiger charge is 2.32. The molecule has 7 nitrogen and oxygen atoms in total. The number of carbonyl (C=O) groups excluding carboxylic acids is 1. The minimum absolute atomic E-state index is 0.00863. The fourth-order valence-corrected chi connectivity index (χ4v) is 5.06. The van der Waals surface area contributed by atoms with Gasteiger partial charge in [-0.2, -0.15) is 0 Å². The van der Waals surface area contributed by atoms with Crippen molar-refractivity contribution in [2.45, 2.75) is 33.2 Å². The molecule has 0 bridgehead atoms. The first-order valence-electron chi connectivity index (χ1n) is 10.6. The first kappa shape index (κ1) is 23.5. The molecule has 3 heterocycles. The van der Waals surface area contributed by atoms with E-state index in [2.05, 4.69) is 24.0 Å². The van der Waals surface area contributed by atoms with Gasteiger partial charge in [0.05, 0.1) is 25.3 Å². The molecule has 3 aromatic rings. The number of thiophene rings is 1. The highest BCUT2D eigenvalue weighted by atomic mass is 35.5. The molecule has 0 aliphatic carbocycles. The van der Waals surface area contributed by atoms with E-state index in [0.717, 1.165) is 33.2 Å². The van der Waals surface area contributed by atoms with Crippen molar-refractivity contribution in [1.82, 2.24) is 14.8 Å². The molecule has 1 aliphatic heterocycles. The third-order valence-corrected chi connectivity index (χ3v) is 6.87. The summed E-state index contributed by atoms with van der Waals surface area (Å²) in [5, 5.41) is 10.2. The maximum atomic E-state index is 12.6. The molecule has 33 heavy (non-hydrogen) atoms. The average Bonchev–Trinajstić information content (AvgIpc) is 3.26. The number of halogens is 2. The molecule has 0 N–H and O–H groups in total. The number of aliphatic imine (C=N–C) groups is 1. The van der Waals surface area contributed by atoms with Gasteiger partial charge in [-0.15, -0.1) is 21.5 Å². The molecule has 0 amide bonds. The van der Waals surface area contributed by atoms with Crippen molar-refractivity contribution in [3.05, 3.63) is 62.5 Å². The summed E-state index contributed by atoms with van der Waals surface area (Å²) >= 11 is 7.77. The van der Waals surface area contributed by atoms with Gasteiger partial charge in [0.1, 0.15) is 30.1 Å². The molecule has 1 atom stereocenters. The van der Waals surface area contributed by atoms with Gasteiger partial charge < -0.3 is 9.47 Å². The van der Waals surface area contributed by atoms with Crippen LogP contribution in [0.15, 0.2) is 29.3 Å². The van der Waals surface area contributed by atoms with Crippen LogP contribution in [0.4, 0.5) is 4.39 Å². The Bertz CT molecular complexity index is 1190. The minimum atomic E-state index is -0.588. The predicted molar refractivity (Wildman–Crippen MR) is 126 cm³/mol. The second-order valence-electron chi connectivity index (χ2n) is 7.63. The van der Waals surface area contributed by atoms with E-state index in [4.69, 9.17) is 26.1 Å². The molecule has 0 saturated carbocycles. The lowest BCUT2D eigenvalue weighted by Gasteiger charge is -2.13. The molecule has 1 aliphatic rings. The number of carbonyl (C=O) groups is 1. The van der Waals surface area contributed by atoms with Gasteiger partial charge in [0.2, 0.25) is 0 Å². The van der Waals surface area contributed by atoms with E-state index >= 15 is 0 Å². The van der Waals surface area contributed by atoms with Crippen molar-refractivity contribution in [3.63, 3.8) is 0 Å². The molecule has 0 radical (unpaired) electrons. The Hall–Kier alpha value is -2.62. The highest BCUT2D eigenvalue weighted by molar-refractivity contribution is 7.15. The molecular weight excluding hydrogens is 467 g/mol. The Morgan fingerprint density at radius 2 is 1.91 bits per heavy atom. The average molecular weight is 491 g/mol. The Kier molecular flexibility index (Phi) is 7.21. The largest absolute Gasteiger partial charge is 0.463 e. The van der Waals surface area contributed by atoms with E-state index < -0.39 is 18.7 Å². The van der Waals surface area contributed by atoms with Gasteiger partial charge in [0.25, 0.3) is 0 Å². The first-order valence-corrected chi connectivity index (χ1v) is 11.8. The van der Waals surface area contributed by atoms with Crippen LogP contribution < -0.4 is 0 Å². The van der Waals surface area contributed by atoms with Gasteiger partial charge in [0.15, 0.2) is 5.82 Å². The number of hydrogen-bond acceptors (Lipinski definition) is 7. The number of aryl methyl sites for hydroxylation is 2. The number of hydrogen-bond donors (Lipinski definition) is 0. The molecule has 4 rings (SSSR count). The molecule has 10 heteroatoms. The van der Waals surface area contributed by atoms with Crippen molar-refractivity contribution in [2.75, 3.05) is 26.5 Å². The Balaban J connectivity index is 1.73. The maximum absolute atomic E-state index is 12.6. The number of fused-ring (bicyclic) bond motifs is 3. The summed E-state index contributed by atoms with van der Waals surface area (Å²) in [5.74, 6) is 0.871. The summed E-state index contributed by atoms with van der Waals surface area (Å²) in [5.41, 5.74) is 3.80. The molecule has 0 saturated heterocycles. The zero-order valence-electron chi connectivity index (χ0n) is 18.6. The number of nitrogens with zero attached hydrogens (tertiary/aromatic N) is 4. The van der Waals surface area contributed by atoms with Crippen LogP contribution in [0.5, 0.6) is 0 Å². The lowest BCUT2D eigenvalue weighted by molar-refractivity contribution is -0.145. The van der Waals surface area contributed by atoms with E-state index in [-0.39, 0.29) is 26.2 Å². The van der Waals surface area contributed by atoms with Crippen LogP contribution in [-0.2, 0) is 14.3 Å². The summed E-state index contributed by atoms with van der Waals surface area (Å²) in [7, 11) is 0. The summed E-state index contributed by atoms with van der Waals surface area (Å²) in [4.78, 5) is 18.8. The van der Waals surface area contributed by atoms with Crippen molar-refractivity contribution in [2.24, 2.45) is 4.99 Å². The maximum Gasteiger partial charge on any atom is 0.308 e. The van der Waals surface area contributed by atoms with Gasteiger partial charge in [-0.25, -0.2) is 4.39 Å². The van der Waals surface area contributed by atoms with Crippen molar-refractivity contribution in [1.29, 1.82) is 0 Å². The normalized spacial score (nSPS) is 14.9. The number of alkyl halides is 1. The lowest BCUT2D eigenvalue weighted by Crippen LogP contribution is -2.16. The van der Waals surface area contributed by atoms with E-state index in [1.165, 1.54) is 4.88 Å². The van der Waals surface area contributed by atoms with Crippen LogP contribution in [0.25, 0.3) is 5.00 Å². The van der Waals surface area contributed by atoms with Gasteiger partial charge >= 0.3 is 5.97 Å². The number of esters is 1. The van der Waals surface area contributed by atoms with Crippen LogP contribution >= 0.6 is 22.9 Å². The molecule has 0 unspecified atom stereocenters. The van der Waals surface area contributed by atoms with E-state index in [9.17, 15) is 9.18 Å². The number of ether oxygens (including phenoxy) is 2. The third-order valence-electron chi connectivity index (χ3n) is 5.43. The lowest BCUT2D eigenvalue weighted by atomic mass is 9.99. The minimum Gasteiger partial charge on any atom is -0.463 e. The molecule has 0 fully saturated rings. The van der Waals surface area contributed by atoms with Crippen molar-refractivity contribution >= 4 is 34.6 Å². The van der Waals surface area contributed by atoms with Crippen LogP contribution in [0, 0.1) is 20.8 Å². The summed E-state index contributed by atoms with van der Waals surface area (Å²) in [6, 6.07) is 6.91. The zero-order chi connectivity index (χ0) is 23.5. The van der Waals surface area contributed by atoms with Gasteiger partial charge in [-0.3, -0.25) is 14.4 Å². The smallest absolute Gasteiger partial charge is 0.308 e. The van der Waals surface area contributed by atoms with E-state index in [0.29, 0.717) is 10.8 Å². The Morgan fingerprint density at radius 3 is 2.64 bits per heavy atom. The predicted octanol–water partition coefficient (Wildman–Crippen LogP) is 4.72. The summed E-state index contributed by atoms with van der Waals surface area (Å²) < 4.78 is 24.4. The fraction of sp³-hybridized carbons (Fsp3) is 0.391. The van der Waals surface area contributed by atoms with Gasteiger partial charge in [-0.05, 0) is 38.5 Å². The highest BCUT2D eigenvalue weighted by Crippen LogP contribution is 2.39. The standard InChI is InChI=1S/C23H24ClFN4O3S/c1-13-14(2)33-23-20(13)21(16-4-6-17(24)7-5-16)26-18(22-28-27-15(3)29(22)23)12-19(30)32-11-10-31-9-8-25/h4-7,18H,8-12H2,1-3H3/t18-/m0/s1. The van der Waals surface area contributed by atoms with Crippen LogP contribution in [0.1, 0.15) is 45.7 Å². The van der Waals surface area contributed by atoms with Crippen LogP contribution in [0.3, 0.4) is 0 Å². The second-order valence-corrected chi connectivity index (χ2v) is 9.27. The topological polar surface area (TPSA) is 78.6 Å². The van der Waals surface area contributed by atoms with Crippen LogP contribution in [0.2, 0.25) is 5.02 Å². The van der Waals surface area contributed by atoms with Crippen molar-refractivity contribution in [3.8, 4) is 5.00 Å². The molecular formula is C23H24ClFN4O3S. The van der Waals surface area contributed by atoms with Crippen molar-refractivity contribution < 1.29 is 18.7 Å². The molecule has 174 valence electrons. The monoisotopic (exact) mass is 490 g/mol. The van der Waals surface area contributed by atoms with E-state index in [1.807, 2.05) is 35.8 Å². The zero-order valence-corrected chi connectivity index (χ0v) is 20.2.